The highest BCUT2D eigenvalue weighted by Crippen LogP contribution is 2.32. The minimum Gasteiger partial charge on any atom is -0.508 e. The van der Waals surface area contributed by atoms with Crippen LogP contribution in [0.15, 0.2) is 72.8 Å². The van der Waals surface area contributed by atoms with Gasteiger partial charge in [0.2, 0.25) is 0 Å². The number of anilines is 2. The van der Waals surface area contributed by atoms with E-state index in [1.807, 2.05) is 0 Å². The fraction of sp³-hybridized carbons (Fsp3) is 0. The molecule has 0 unspecified atom stereocenters. The number of rotatable bonds is 4. The first-order chi connectivity index (χ1) is 12.5. The second-order valence-corrected chi connectivity index (χ2v) is 5.46. The number of hydrogen-bond donors (Lipinski definition) is 2. The van der Waals surface area contributed by atoms with Crippen LogP contribution in [0.3, 0.4) is 0 Å². The number of carbonyl (C=O) groups excluding carboxylic acids is 1. The molecule has 0 saturated heterocycles. The van der Waals surface area contributed by atoms with E-state index in [1.165, 1.54) is 36.4 Å². The molecule has 130 valence electrons. The second kappa shape index (κ2) is 7.06. The molecule has 0 bridgehead atoms. The quantitative estimate of drug-likeness (QED) is 0.738. The summed E-state index contributed by atoms with van der Waals surface area (Å²) in [4.78, 5) is 25.8. The van der Waals surface area contributed by atoms with Gasteiger partial charge in [-0.2, -0.15) is 0 Å². The van der Waals surface area contributed by atoms with Crippen LogP contribution in [0.5, 0.6) is 5.75 Å². The third-order valence-corrected chi connectivity index (χ3v) is 3.78. The molecular formula is C20H14FNO4. The van der Waals surface area contributed by atoms with Gasteiger partial charge in [-0.25, -0.2) is 9.18 Å². The number of phenolic OH excluding ortho intramolecular Hbond substituents is 1. The number of benzene rings is 3. The Labute approximate surface area is 148 Å². The minimum absolute atomic E-state index is 0.0152. The van der Waals surface area contributed by atoms with Crippen molar-refractivity contribution in [1.82, 2.24) is 0 Å². The summed E-state index contributed by atoms with van der Waals surface area (Å²) >= 11 is 0. The van der Waals surface area contributed by atoms with Gasteiger partial charge in [0.05, 0.1) is 5.69 Å². The lowest BCUT2D eigenvalue weighted by Gasteiger charge is -2.25. The van der Waals surface area contributed by atoms with E-state index in [1.54, 1.807) is 30.3 Å². The number of carboxylic acids is 1. The van der Waals surface area contributed by atoms with Gasteiger partial charge in [-0.1, -0.05) is 24.3 Å². The number of halogens is 1. The van der Waals surface area contributed by atoms with Gasteiger partial charge in [-0.3, -0.25) is 9.69 Å². The Morgan fingerprint density at radius 3 is 2.12 bits per heavy atom. The molecule has 1 amide bonds. The standard InChI is InChI=1S/C20H14FNO4/c21-16-7-4-8-17(18(16)20(25)26)22(14-9-11-15(23)12-10-14)19(24)13-5-2-1-3-6-13/h1-12,23H,(H,25,26). The molecule has 0 aliphatic heterocycles. The maximum atomic E-state index is 14.1. The van der Waals surface area contributed by atoms with Crippen LogP contribution in [0.25, 0.3) is 0 Å². The maximum Gasteiger partial charge on any atom is 0.340 e. The van der Waals surface area contributed by atoms with Crippen LogP contribution in [-0.4, -0.2) is 22.1 Å². The van der Waals surface area contributed by atoms with Gasteiger partial charge < -0.3 is 10.2 Å². The van der Waals surface area contributed by atoms with Crippen LogP contribution < -0.4 is 4.90 Å². The molecule has 0 aliphatic carbocycles. The predicted molar refractivity (Wildman–Crippen MR) is 94.4 cm³/mol. The van der Waals surface area contributed by atoms with Crippen LogP contribution >= 0.6 is 0 Å². The Morgan fingerprint density at radius 1 is 0.846 bits per heavy atom. The Balaban J connectivity index is 2.22. The molecule has 3 aromatic rings. The van der Waals surface area contributed by atoms with Crippen molar-refractivity contribution in [2.24, 2.45) is 0 Å². The molecule has 0 fully saturated rings. The van der Waals surface area contributed by atoms with E-state index in [0.717, 1.165) is 11.0 Å². The summed E-state index contributed by atoms with van der Waals surface area (Å²) in [7, 11) is 0. The summed E-state index contributed by atoms with van der Waals surface area (Å²) in [5, 5.41) is 18.9. The number of nitrogens with zero attached hydrogens (tertiary/aromatic N) is 1. The third kappa shape index (κ3) is 3.25. The highest BCUT2D eigenvalue weighted by molar-refractivity contribution is 6.13. The SMILES string of the molecule is O=C(O)c1c(F)cccc1N(C(=O)c1ccccc1)c1ccc(O)cc1. The molecule has 3 rings (SSSR count). The number of hydrogen-bond acceptors (Lipinski definition) is 3. The van der Waals surface area contributed by atoms with Crippen molar-refractivity contribution in [1.29, 1.82) is 0 Å². The first-order valence-electron chi connectivity index (χ1n) is 7.69. The maximum absolute atomic E-state index is 14.1. The number of phenols is 1. The Morgan fingerprint density at radius 2 is 1.50 bits per heavy atom. The van der Waals surface area contributed by atoms with Crippen LogP contribution in [0, 0.1) is 5.82 Å². The van der Waals surface area contributed by atoms with E-state index < -0.39 is 23.3 Å². The summed E-state index contributed by atoms with van der Waals surface area (Å²) in [5.41, 5.74) is -0.104. The van der Waals surface area contributed by atoms with E-state index in [0.29, 0.717) is 11.3 Å². The zero-order valence-electron chi connectivity index (χ0n) is 13.5. The molecule has 2 N–H and O–H groups in total. The van der Waals surface area contributed by atoms with E-state index in [-0.39, 0.29) is 11.4 Å². The van der Waals surface area contributed by atoms with Crippen LogP contribution in [0.1, 0.15) is 20.7 Å². The first-order valence-corrected chi connectivity index (χ1v) is 7.69. The predicted octanol–water partition coefficient (Wildman–Crippen LogP) is 4.21. The van der Waals surface area contributed by atoms with Crippen LogP contribution in [0.4, 0.5) is 15.8 Å². The number of carbonyl (C=O) groups is 2. The van der Waals surface area contributed by atoms with E-state index in [4.69, 9.17) is 0 Å². The van der Waals surface area contributed by atoms with Crippen LogP contribution in [-0.2, 0) is 0 Å². The number of aromatic hydroxyl groups is 1. The summed E-state index contributed by atoms with van der Waals surface area (Å²) in [6.07, 6.45) is 0. The van der Waals surface area contributed by atoms with Crippen molar-refractivity contribution in [3.8, 4) is 5.75 Å². The Bertz CT molecular complexity index is 955. The molecule has 0 spiro atoms. The number of amides is 1. The highest BCUT2D eigenvalue weighted by atomic mass is 19.1. The number of carboxylic acid groups (broad SMARTS) is 1. The fourth-order valence-corrected chi connectivity index (χ4v) is 2.59. The largest absolute Gasteiger partial charge is 0.508 e. The highest BCUT2D eigenvalue weighted by Gasteiger charge is 2.26. The van der Waals surface area contributed by atoms with Crippen molar-refractivity contribution in [3.63, 3.8) is 0 Å². The van der Waals surface area contributed by atoms with Crippen molar-refractivity contribution < 1.29 is 24.2 Å². The van der Waals surface area contributed by atoms with Gasteiger partial charge in [0.25, 0.3) is 5.91 Å². The van der Waals surface area contributed by atoms with Crippen molar-refractivity contribution in [2.75, 3.05) is 4.90 Å². The van der Waals surface area contributed by atoms with Gasteiger partial charge in [-0.05, 0) is 48.5 Å². The van der Waals surface area contributed by atoms with Gasteiger partial charge in [0.1, 0.15) is 17.1 Å². The van der Waals surface area contributed by atoms with E-state index >= 15 is 0 Å². The van der Waals surface area contributed by atoms with Gasteiger partial charge in [-0.15, -0.1) is 0 Å². The summed E-state index contributed by atoms with van der Waals surface area (Å²) < 4.78 is 14.1. The first kappa shape index (κ1) is 17.2. The lowest BCUT2D eigenvalue weighted by molar-refractivity contribution is 0.0693. The fourth-order valence-electron chi connectivity index (χ4n) is 2.59. The molecule has 0 atom stereocenters. The molecule has 0 aliphatic rings. The third-order valence-electron chi connectivity index (χ3n) is 3.78. The Hall–Kier alpha value is -3.67. The molecular weight excluding hydrogens is 337 g/mol. The van der Waals surface area contributed by atoms with Gasteiger partial charge in [0.15, 0.2) is 0 Å². The summed E-state index contributed by atoms with van der Waals surface area (Å²) in [6, 6.07) is 17.6. The van der Waals surface area contributed by atoms with Crippen molar-refractivity contribution in [2.45, 2.75) is 0 Å². The van der Waals surface area contributed by atoms with E-state index in [2.05, 4.69) is 0 Å². The lowest BCUT2D eigenvalue weighted by Crippen LogP contribution is -2.28. The molecule has 0 heterocycles. The summed E-state index contributed by atoms with van der Waals surface area (Å²) in [6.45, 7) is 0. The zero-order chi connectivity index (χ0) is 18.7. The average molecular weight is 351 g/mol. The smallest absolute Gasteiger partial charge is 0.340 e. The van der Waals surface area contributed by atoms with Crippen molar-refractivity contribution in [3.05, 3.63) is 89.7 Å². The average Bonchev–Trinajstić information content (AvgIpc) is 2.64. The van der Waals surface area contributed by atoms with Gasteiger partial charge in [0, 0.05) is 11.3 Å². The molecule has 0 aromatic heterocycles. The van der Waals surface area contributed by atoms with Crippen LogP contribution in [0.2, 0.25) is 0 Å². The van der Waals surface area contributed by atoms with E-state index in [9.17, 15) is 24.2 Å². The molecule has 0 saturated carbocycles. The lowest BCUT2D eigenvalue weighted by atomic mass is 10.1. The van der Waals surface area contributed by atoms with Gasteiger partial charge >= 0.3 is 5.97 Å². The molecule has 5 nitrogen and oxygen atoms in total. The topological polar surface area (TPSA) is 77.8 Å². The van der Waals surface area contributed by atoms with Crippen molar-refractivity contribution >= 4 is 23.3 Å². The molecule has 6 heteroatoms. The Kier molecular flexibility index (Phi) is 4.66. The minimum atomic E-state index is -1.48. The zero-order valence-corrected chi connectivity index (χ0v) is 13.5. The second-order valence-electron chi connectivity index (χ2n) is 5.46. The monoisotopic (exact) mass is 351 g/mol. The normalized spacial score (nSPS) is 10.3. The number of aromatic carboxylic acids is 1. The molecule has 0 radical (unpaired) electrons. The molecule has 3 aromatic carbocycles. The summed E-state index contributed by atoms with van der Waals surface area (Å²) in [5.74, 6) is -2.97. The molecule has 26 heavy (non-hydrogen) atoms.